The molecule has 1 heterocycles. The molecule has 0 spiro atoms. The summed E-state index contributed by atoms with van der Waals surface area (Å²) in [6.07, 6.45) is 3.82. The van der Waals surface area contributed by atoms with E-state index in [0.717, 1.165) is 6.20 Å². The van der Waals surface area contributed by atoms with Crippen molar-refractivity contribution >= 4 is 12.1 Å². The van der Waals surface area contributed by atoms with Gasteiger partial charge in [-0.25, -0.2) is 5.43 Å². The van der Waals surface area contributed by atoms with Crippen molar-refractivity contribution in [3.63, 3.8) is 0 Å². The highest BCUT2D eigenvalue weighted by Crippen LogP contribution is 2.25. The summed E-state index contributed by atoms with van der Waals surface area (Å²) in [5.74, 6) is -0.175. The molecular formula is C14H13N3O4. The summed E-state index contributed by atoms with van der Waals surface area (Å²) >= 11 is 0. The number of phenolic OH excluding ortho intramolecular Hbond substituents is 1. The fourth-order valence-electron chi connectivity index (χ4n) is 1.59. The van der Waals surface area contributed by atoms with Crippen molar-refractivity contribution < 1.29 is 19.4 Å². The third-order valence-corrected chi connectivity index (χ3v) is 2.62. The zero-order valence-electron chi connectivity index (χ0n) is 11.2. The molecule has 0 atom stereocenters. The molecule has 0 saturated carbocycles. The summed E-state index contributed by atoms with van der Waals surface area (Å²) in [6.45, 7) is 0. The van der Waals surface area contributed by atoms with E-state index < -0.39 is 5.91 Å². The van der Waals surface area contributed by atoms with E-state index in [4.69, 9.17) is 4.74 Å². The van der Waals surface area contributed by atoms with Crippen LogP contribution >= 0.6 is 0 Å². The van der Waals surface area contributed by atoms with Crippen LogP contribution in [0.4, 0.5) is 0 Å². The van der Waals surface area contributed by atoms with E-state index in [1.165, 1.54) is 37.7 Å². The van der Waals surface area contributed by atoms with Crippen molar-refractivity contribution in [3.8, 4) is 11.5 Å². The number of nitrogens with zero attached hydrogens (tertiary/aromatic N) is 2. The van der Waals surface area contributed by atoms with Crippen LogP contribution in [0.1, 0.15) is 15.9 Å². The van der Waals surface area contributed by atoms with Crippen LogP contribution in [0.5, 0.6) is 11.5 Å². The Morgan fingerprint density at radius 3 is 3.00 bits per heavy atom. The molecule has 0 unspecified atom stereocenters. The van der Waals surface area contributed by atoms with Crippen molar-refractivity contribution in [2.75, 3.05) is 7.11 Å². The van der Waals surface area contributed by atoms with Gasteiger partial charge < -0.3 is 15.1 Å². The van der Waals surface area contributed by atoms with E-state index in [1.807, 2.05) is 0 Å². The minimum atomic E-state index is -0.498. The lowest BCUT2D eigenvalue weighted by atomic mass is 10.2. The molecule has 0 radical (unpaired) electrons. The summed E-state index contributed by atoms with van der Waals surface area (Å²) < 4.78 is 5.49. The summed E-state index contributed by atoms with van der Waals surface area (Å²) in [4.78, 5) is 11.7. The molecule has 0 saturated heterocycles. The Kier molecular flexibility index (Phi) is 4.35. The van der Waals surface area contributed by atoms with Crippen LogP contribution in [0.25, 0.3) is 0 Å². The third-order valence-electron chi connectivity index (χ3n) is 2.62. The zero-order chi connectivity index (χ0) is 15.2. The Balaban J connectivity index is 2.04. The fraction of sp³-hybridized carbons (Fsp3) is 0.0714. The number of pyridine rings is 1. The predicted molar refractivity (Wildman–Crippen MR) is 75.1 cm³/mol. The lowest BCUT2D eigenvalue weighted by Gasteiger charge is -2.03. The first-order valence-electron chi connectivity index (χ1n) is 5.99. The number of ether oxygens (including phenoxy) is 1. The van der Waals surface area contributed by atoms with Gasteiger partial charge in [0.1, 0.15) is 5.56 Å². The Morgan fingerprint density at radius 2 is 2.29 bits per heavy atom. The molecule has 0 bridgehead atoms. The second-order valence-corrected chi connectivity index (χ2v) is 4.08. The van der Waals surface area contributed by atoms with Gasteiger partial charge in [-0.2, -0.15) is 9.83 Å². The third kappa shape index (κ3) is 3.69. The number of amides is 1. The molecule has 21 heavy (non-hydrogen) atoms. The predicted octanol–water partition coefficient (Wildman–Crippen LogP) is 0.798. The van der Waals surface area contributed by atoms with Crippen molar-refractivity contribution in [2.45, 2.75) is 0 Å². The van der Waals surface area contributed by atoms with Crippen LogP contribution in [0.3, 0.4) is 0 Å². The van der Waals surface area contributed by atoms with Gasteiger partial charge >= 0.3 is 0 Å². The highest BCUT2D eigenvalue weighted by Gasteiger charge is 2.07. The number of phenols is 1. The number of hydrazone groups is 1. The smallest absolute Gasteiger partial charge is 0.277 e. The van der Waals surface area contributed by atoms with E-state index in [9.17, 15) is 15.1 Å². The Hall–Kier alpha value is -3.09. The number of rotatable bonds is 4. The molecule has 0 aliphatic heterocycles. The first-order valence-corrected chi connectivity index (χ1v) is 5.99. The standard InChI is InChI=1S/C14H13N3O4/c1-21-13-7-10(4-5-12(13)18)8-15-16-14(19)11-3-2-6-17(20)9-11/h2-9,18H,1H3,(H,16,19). The molecule has 0 aliphatic rings. The summed E-state index contributed by atoms with van der Waals surface area (Å²) in [7, 11) is 1.44. The quantitative estimate of drug-likeness (QED) is 0.376. The highest BCUT2D eigenvalue weighted by molar-refractivity contribution is 5.94. The number of benzene rings is 1. The SMILES string of the molecule is COc1cc(C=NNC(=O)c2ccc[n+]([O-])c2)ccc1O. The van der Waals surface area contributed by atoms with Crippen LogP contribution in [-0.4, -0.2) is 24.3 Å². The minimum Gasteiger partial charge on any atom is -0.619 e. The monoisotopic (exact) mass is 287 g/mol. The van der Waals surface area contributed by atoms with Crippen LogP contribution in [0.2, 0.25) is 0 Å². The van der Waals surface area contributed by atoms with Crippen LogP contribution in [-0.2, 0) is 0 Å². The molecule has 7 nitrogen and oxygen atoms in total. The van der Waals surface area contributed by atoms with E-state index in [1.54, 1.807) is 12.1 Å². The number of methoxy groups -OCH3 is 1. The zero-order valence-corrected chi connectivity index (χ0v) is 11.2. The summed E-state index contributed by atoms with van der Waals surface area (Å²) in [5, 5.41) is 24.3. The normalized spacial score (nSPS) is 10.5. The number of hydrogen-bond donors (Lipinski definition) is 2. The van der Waals surface area contributed by atoms with Gasteiger partial charge in [-0.3, -0.25) is 4.79 Å². The molecule has 0 fully saturated rings. The average Bonchev–Trinajstić information content (AvgIpc) is 2.48. The second-order valence-electron chi connectivity index (χ2n) is 4.08. The second kappa shape index (κ2) is 6.38. The van der Waals surface area contributed by atoms with E-state index >= 15 is 0 Å². The van der Waals surface area contributed by atoms with Gasteiger partial charge in [-0.15, -0.1) is 0 Å². The Labute approximate surface area is 120 Å². The summed E-state index contributed by atoms with van der Waals surface area (Å²) in [5.41, 5.74) is 3.14. The Bertz CT molecular complexity index is 686. The van der Waals surface area contributed by atoms with Crippen molar-refractivity contribution in [1.29, 1.82) is 0 Å². The average molecular weight is 287 g/mol. The number of carbonyl (C=O) groups is 1. The lowest BCUT2D eigenvalue weighted by Crippen LogP contribution is -2.28. The van der Waals surface area contributed by atoms with Gasteiger partial charge in [0.25, 0.3) is 5.91 Å². The fourth-order valence-corrected chi connectivity index (χ4v) is 1.59. The first-order chi connectivity index (χ1) is 10.1. The van der Waals surface area contributed by atoms with Gasteiger partial charge in [-0.1, -0.05) is 0 Å². The van der Waals surface area contributed by atoms with E-state index in [0.29, 0.717) is 16.0 Å². The molecule has 108 valence electrons. The van der Waals surface area contributed by atoms with Gasteiger partial charge in [0.2, 0.25) is 0 Å². The molecule has 2 rings (SSSR count). The molecule has 1 aromatic carbocycles. The maximum atomic E-state index is 11.7. The maximum absolute atomic E-state index is 11.7. The highest BCUT2D eigenvalue weighted by atomic mass is 16.5. The van der Waals surface area contributed by atoms with Crippen molar-refractivity contribution in [1.82, 2.24) is 5.43 Å². The number of aromatic nitrogens is 1. The van der Waals surface area contributed by atoms with Crippen LogP contribution < -0.4 is 14.9 Å². The van der Waals surface area contributed by atoms with Crippen LogP contribution in [0, 0.1) is 5.21 Å². The van der Waals surface area contributed by atoms with Crippen LogP contribution in [0.15, 0.2) is 47.8 Å². The molecule has 2 aromatic rings. The first kappa shape index (κ1) is 14.3. The van der Waals surface area contributed by atoms with E-state index in [-0.39, 0.29) is 11.3 Å². The molecule has 7 heteroatoms. The maximum Gasteiger partial charge on any atom is 0.277 e. The molecule has 1 amide bonds. The van der Waals surface area contributed by atoms with E-state index in [2.05, 4.69) is 10.5 Å². The van der Waals surface area contributed by atoms with Gasteiger partial charge in [0, 0.05) is 6.07 Å². The van der Waals surface area contributed by atoms with Gasteiger partial charge in [0.15, 0.2) is 23.9 Å². The topological polar surface area (TPSA) is 97.9 Å². The Morgan fingerprint density at radius 1 is 1.48 bits per heavy atom. The number of nitrogens with one attached hydrogen (secondary N) is 1. The lowest BCUT2D eigenvalue weighted by molar-refractivity contribution is -0.605. The van der Waals surface area contributed by atoms with Gasteiger partial charge in [-0.05, 0) is 29.8 Å². The molecule has 1 aromatic heterocycles. The van der Waals surface area contributed by atoms with Crippen molar-refractivity contribution in [2.24, 2.45) is 5.10 Å². The number of hydrogen-bond acceptors (Lipinski definition) is 5. The molecule has 2 N–H and O–H groups in total. The van der Waals surface area contributed by atoms with Gasteiger partial charge in [0.05, 0.1) is 13.3 Å². The van der Waals surface area contributed by atoms with Crippen molar-refractivity contribution in [3.05, 3.63) is 59.1 Å². The number of aromatic hydroxyl groups is 1. The minimum absolute atomic E-state index is 0.0166. The molecular weight excluding hydrogens is 274 g/mol. The summed E-state index contributed by atoms with van der Waals surface area (Å²) in [6, 6.07) is 7.61. The number of carbonyl (C=O) groups excluding carboxylic acids is 1. The largest absolute Gasteiger partial charge is 0.619 e. The molecule has 0 aliphatic carbocycles.